The maximum Gasteiger partial charge on any atom is 0.316 e. The summed E-state index contributed by atoms with van der Waals surface area (Å²) in [6.07, 6.45) is 0. The number of hydrogen-bond acceptors (Lipinski definition) is 0. The Labute approximate surface area is 95.5 Å². The molecule has 0 fully saturated rings. The summed E-state index contributed by atoms with van der Waals surface area (Å²) < 4.78 is 0. The van der Waals surface area contributed by atoms with Gasteiger partial charge in [0.15, 0.2) is 0 Å². The summed E-state index contributed by atoms with van der Waals surface area (Å²) in [5.41, 5.74) is 2.56. The van der Waals surface area contributed by atoms with Crippen molar-refractivity contribution in [3.8, 4) is 0 Å². The highest BCUT2D eigenvalue weighted by Crippen LogP contribution is 2.15. The van der Waals surface area contributed by atoms with E-state index in [1.165, 1.54) is 11.1 Å². The first kappa shape index (κ1) is 12.3. The van der Waals surface area contributed by atoms with Crippen LogP contribution >= 0.6 is 11.6 Å². The van der Waals surface area contributed by atoms with Crippen molar-refractivity contribution in [2.24, 2.45) is 0 Å². The number of rotatable bonds is 2. The van der Waals surface area contributed by atoms with Crippen LogP contribution in [0.1, 0.15) is 30.9 Å². The maximum absolute atomic E-state index is 5.66. The Hall–Kier alpha value is 0.276. The van der Waals surface area contributed by atoms with Gasteiger partial charge in [-0.25, -0.2) is 0 Å². The highest BCUT2D eigenvalue weighted by atomic mass is 35.5. The van der Waals surface area contributed by atoms with Crippen molar-refractivity contribution < 1.29 is 0 Å². The highest BCUT2D eigenvalue weighted by Gasteiger charge is 1.97. The third-order valence-corrected chi connectivity index (χ3v) is 2.11. The summed E-state index contributed by atoms with van der Waals surface area (Å²) in [6.45, 7) is 4.38. The molecule has 0 aliphatic heterocycles. The van der Waals surface area contributed by atoms with Crippen molar-refractivity contribution in [1.29, 1.82) is 0 Å². The number of halogens is 1. The Bertz CT molecular complexity index is 216. The van der Waals surface area contributed by atoms with Crippen LogP contribution < -0.4 is 0 Å². The Balaban J connectivity index is 0.00000121. The molecule has 0 N–H and O–H groups in total. The van der Waals surface area contributed by atoms with Crippen molar-refractivity contribution in [2.75, 3.05) is 0 Å². The smallest absolute Gasteiger partial charge is 0.122 e. The van der Waals surface area contributed by atoms with Crippen LogP contribution in [0.25, 0.3) is 0 Å². The zero-order valence-electron chi connectivity index (χ0n) is 6.97. The van der Waals surface area contributed by atoms with Gasteiger partial charge in [0.05, 0.1) is 0 Å². The molecule has 0 nitrogen and oxygen atoms in total. The van der Waals surface area contributed by atoms with Gasteiger partial charge in [0.1, 0.15) is 0 Å². The van der Waals surface area contributed by atoms with Gasteiger partial charge in [-0.2, -0.15) is 0 Å². The first-order valence-corrected chi connectivity index (χ1v) is 4.42. The molecule has 1 rings (SSSR count). The second kappa shape index (κ2) is 5.84. The van der Waals surface area contributed by atoms with Crippen LogP contribution in [0.3, 0.4) is 0 Å². The van der Waals surface area contributed by atoms with E-state index in [0.29, 0.717) is 11.8 Å². The lowest BCUT2D eigenvalue weighted by Crippen LogP contribution is -1.86. The predicted molar refractivity (Wildman–Crippen MR) is 58.6 cm³/mol. The summed E-state index contributed by atoms with van der Waals surface area (Å²) in [5.74, 6) is 1.22. The summed E-state index contributed by atoms with van der Waals surface area (Å²) in [7, 11) is 0. The van der Waals surface area contributed by atoms with Crippen LogP contribution in [0, 0.1) is 0 Å². The molecule has 0 heterocycles. The van der Waals surface area contributed by atoms with Crippen LogP contribution in [0.2, 0.25) is 0 Å². The molecule has 0 aliphatic rings. The molecule has 0 aliphatic carbocycles. The molecule has 0 spiro atoms. The fourth-order valence-corrected chi connectivity index (χ4v) is 1.17. The van der Waals surface area contributed by atoms with Crippen LogP contribution in [0.4, 0.5) is 0 Å². The minimum atomic E-state index is 0. The average Bonchev–Trinajstić information content (AvgIpc) is 2.05. The zero-order valence-corrected chi connectivity index (χ0v) is 7.73. The van der Waals surface area contributed by atoms with Gasteiger partial charge in [-0.15, -0.1) is 11.6 Å². The summed E-state index contributed by atoms with van der Waals surface area (Å²) in [4.78, 5) is 0. The van der Waals surface area contributed by atoms with Gasteiger partial charge >= 0.3 is 23.1 Å². The zero-order chi connectivity index (χ0) is 8.27. The molecule has 0 unspecified atom stereocenters. The third-order valence-electron chi connectivity index (χ3n) is 1.80. The van der Waals surface area contributed by atoms with Gasteiger partial charge in [0.2, 0.25) is 0 Å². The number of hydrogen-bond donors (Lipinski definition) is 0. The molecule has 0 radical (unpaired) electrons. The summed E-state index contributed by atoms with van der Waals surface area (Å²) in [6, 6.07) is 8.45. The summed E-state index contributed by atoms with van der Waals surface area (Å²) >= 11 is 5.66. The lowest BCUT2D eigenvalue weighted by Gasteiger charge is -2.04. The molecular weight excluding hydrogens is 180 g/mol. The third kappa shape index (κ3) is 3.34. The van der Waals surface area contributed by atoms with Gasteiger partial charge < -0.3 is 0 Å². The summed E-state index contributed by atoms with van der Waals surface area (Å²) in [5, 5.41) is 0. The van der Waals surface area contributed by atoms with E-state index in [9.17, 15) is 0 Å². The Kier molecular flexibility index (Phi) is 5.98. The first-order valence-electron chi connectivity index (χ1n) is 3.89. The molecule has 0 aromatic heterocycles. The standard InChI is InChI=1S/C10H13Cl.Mg.2H/c1-8(2)10-5-3-9(7-11)4-6-10;;;/h3-6,8H,7H2,1-2H3;;;. The number of alkyl halides is 1. The molecule has 0 bridgehead atoms. The quantitative estimate of drug-likeness (QED) is 0.502. The average molecular weight is 195 g/mol. The maximum atomic E-state index is 5.66. The SMILES string of the molecule is CC(C)c1ccc(CCl)cc1.[MgH2]. The molecule has 0 saturated heterocycles. The second-order valence-electron chi connectivity index (χ2n) is 3.03. The van der Waals surface area contributed by atoms with Gasteiger partial charge in [-0.1, -0.05) is 38.1 Å². The van der Waals surface area contributed by atoms with E-state index in [1.807, 2.05) is 0 Å². The van der Waals surface area contributed by atoms with Crippen LogP contribution in [0.5, 0.6) is 0 Å². The van der Waals surface area contributed by atoms with Gasteiger partial charge in [0.25, 0.3) is 0 Å². The van der Waals surface area contributed by atoms with E-state index < -0.39 is 0 Å². The topological polar surface area (TPSA) is 0 Å². The normalized spacial score (nSPS) is 9.67. The molecule has 1 aromatic rings. The van der Waals surface area contributed by atoms with Gasteiger partial charge in [-0.05, 0) is 17.0 Å². The van der Waals surface area contributed by atoms with E-state index in [0.717, 1.165) is 0 Å². The Morgan fingerprint density at radius 1 is 1.17 bits per heavy atom. The van der Waals surface area contributed by atoms with E-state index in [1.54, 1.807) is 0 Å². The first-order chi connectivity index (χ1) is 5.24. The fourth-order valence-electron chi connectivity index (χ4n) is 0.992. The van der Waals surface area contributed by atoms with Crippen LogP contribution in [-0.2, 0) is 5.88 Å². The highest BCUT2D eigenvalue weighted by molar-refractivity contribution is 6.17. The molecule has 2 heteroatoms. The molecular formula is C10H15ClMg. The van der Waals surface area contributed by atoms with Crippen molar-refractivity contribution >= 4 is 34.7 Å². The molecule has 0 saturated carbocycles. The van der Waals surface area contributed by atoms with E-state index >= 15 is 0 Å². The molecule has 1 aromatic carbocycles. The number of benzene rings is 1. The Morgan fingerprint density at radius 3 is 2.00 bits per heavy atom. The molecule has 0 atom stereocenters. The molecule has 0 amide bonds. The molecule has 64 valence electrons. The predicted octanol–water partition coefficient (Wildman–Crippen LogP) is 2.63. The van der Waals surface area contributed by atoms with E-state index in [4.69, 9.17) is 11.6 Å². The fraction of sp³-hybridized carbons (Fsp3) is 0.400. The lowest BCUT2D eigenvalue weighted by atomic mass is 10.0. The van der Waals surface area contributed by atoms with Gasteiger partial charge in [0, 0.05) is 5.88 Å². The molecule has 12 heavy (non-hydrogen) atoms. The van der Waals surface area contributed by atoms with Crippen LogP contribution in [-0.4, -0.2) is 23.1 Å². The minimum Gasteiger partial charge on any atom is -0.122 e. The van der Waals surface area contributed by atoms with Crippen molar-refractivity contribution in [3.05, 3.63) is 35.4 Å². The van der Waals surface area contributed by atoms with Crippen molar-refractivity contribution in [2.45, 2.75) is 25.6 Å². The monoisotopic (exact) mass is 194 g/mol. The van der Waals surface area contributed by atoms with Crippen molar-refractivity contribution in [1.82, 2.24) is 0 Å². The largest absolute Gasteiger partial charge is 0.316 e. The van der Waals surface area contributed by atoms with E-state index in [2.05, 4.69) is 38.1 Å². The van der Waals surface area contributed by atoms with Gasteiger partial charge in [-0.3, -0.25) is 0 Å². The Morgan fingerprint density at radius 2 is 1.67 bits per heavy atom. The van der Waals surface area contributed by atoms with Crippen LogP contribution in [0.15, 0.2) is 24.3 Å². The lowest BCUT2D eigenvalue weighted by molar-refractivity contribution is 0.866. The second-order valence-corrected chi connectivity index (χ2v) is 3.30. The van der Waals surface area contributed by atoms with Crippen molar-refractivity contribution in [3.63, 3.8) is 0 Å². The minimum absolute atomic E-state index is 0. The van der Waals surface area contributed by atoms with E-state index in [-0.39, 0.29) is 23.1 Å².